The third-order valence-corrected chi connectivity index (χ3v) is 6.32. The molecule has 5 rings (SSSR count). The van der Waals surface area contributed by atoms with Gasteiger partial charge in [-0.1, -0.05) is 6.07 Å². The summed E-state index contributed by atoms with van der Waals surface area (Å²) >= 11 is 0. The minimum Gasteiger partial charge on any atom is -0.486 e. The molecular formula is C21H26N4O3. The zero-order chi connectivity index (χ0) is 19.3. The topological polar surface area (TPSA) is 59.8 Å². The first-order valence-electron chi connectivity index (χ1n) is 9.99. The lowest BCUT2D eigenvalue weighted by molar-refractivity contribution is 0.0379. The third-order valence-electron chi connectivity index (χ3n) is 6.32. The van der Waals surface area contributed by atoms with Crippen molar-refractivity contribution in [2.45, 2.75) is 31.0 Å². The van der Waals surface area contributed by atoms with Gasteiger partial charge in [0.05, 0.1) is 17.8 Å². The van der Waals surface area contributed by atoms with Gasteiger partial charge in [0.25, 0.3) is 5.91 Å². The summed E-state index contributed by atoms with van der Waals surface area (Å²) in [6, 6.07) is 6.43. The minimum atomic E-state index is -0.0119. The van der Waals surface area contributed by atoms with Crippen LogP contribution >= 0.6 is 0 Å². The second-order valence-electron chi connectivity index (χ2n) is 8.05. The molecule has 0 bridgehead atoms. The Labute approximate surface area is 164 Å². The number of aryl methyl sites for hydroxylation is 1. The van der Waals surface area contributed by atoms with E-state index in [-0.39, 0.29) is 18.1 Å². The molecule has 1 aromatic heterocycles. The van der Waals surface area contributed by atoms with Crippen molar-refractivity contribution in [1.82, 2.24) is 19.6 Å². The Morgan fingerprint density at radius 1 is 1.11 bits per heavy atom. The fraction of sp³-hybridized carbons (Fsp3) is 0.524. The molecule has 2 unspecified atom stereocenters. The fourth-order valence-electron chi connectivity index (χ4n) is 4.67. The van der Waals surface area contributed by atoms with Gasteiger partial charge in [0.15, 0.2) is 0 Å². The molecule has 1 aromatic carbocycles. The van der Waals surface area contributed by atoms with Crippen LogP contribution in [-0.2, 0) is 11.8 Å². The maximum atomic E-state index is 13.1. The molecule has 148 valence electrons. The van der Waals surface area contributed by atoms with E-state index in [0.29, 0.717) is 17.4 Å². The van der Waals surface area contributed by atoms with Crippen molar-refractivity contribution in [3.8, 4) is 16.9 Å². The van der Waals surface area contributed by atoms with Crippen LogP contribution in [0.3, 0.4) is 0 Å². The maximum Gasteiger partial charge on any atom is 0.257 e. The van der Waals surface area contributed by atoms with Crippen molar-refractivity contribution in [2.24, 2.45) is 7.05 Å². The van der Waals surface area contributed by atoms with Crippen LogP contribution in [0, 0.1) is 0 Å². The number of aromatic nitrogens is 2. The van der Waals surface area contributed by atoms with Crippen molar-refractivity contribution in [3.63, 3.8) is 0 Å². The number of benzene rings is 1. The van der Waals surface area contributed by atoms with E-state index >= 15 is 0 Å². The number of likely N-dealkylation sites (tertiary alicyclic amines) is 1. The summed E-state index contributed by atoms with van der Waals surface area (Å²) in [6.45, 7) is 3.36. The zero-order valence-electron chi connectivity index (χ0n) is 16.4. The molecule has 0 aliphatic carbocycles. The summed E-state index contributed by atoms with van der Waals surface area (Å²) in [5, 5.41) is 4.25. The molecule has 7 heteroatoms. The Morgan fingerprint density at radius 3 is 2.68 bits per heavy atom. The molecule has 2 saturated heterocycles. The molecule has 7 nitrogen and oxygen atoms in total. The van der Waals surface area contributed by atoms with Crippen LogP contribution in [0.2, 0.25) is 0 Å². The molecule has 2 fully saturated rings. The molecule has 3 aliphatic heterocycles. The second kappa shape index (κ2) is 6.90. The number of amides is 1. The monoisotopic (exact) mass is 382 g/mol. The van der Waals surface area contributed by atoms with Crippen molar-refractivity contribution < 1.29 is 14.3 Å². The van der Waals surface area contributed by atoms with Gasteiger partial charge in [-0.15, -0.1) is 0 Å². The molecule has 0 radical (unpaired) electrons. The van der Waals surface area contributed by atoms with Gasteiger partial charge in [-0.2, -0.15) is 5.10 Å². The molecule has 2 aromatic rings. The predicted molar refractivity (Wildman–Crippen MR) is 104 cm³/mol. The molecule has 0 spiro atoms. The number of nitrogens with zero attached hydrogens (tertiary/aromatic N) is 4. The largest absolute Gasteiger partial charge is 0.486 e. The number of ether oxygens (including phenoxy) is 2. The number of hydrogen-bond acceptors (Lipinski definition) is 5. The van der Waals surface area contributed by atoms with E-state index in [0.717, 1.165) is 50.3 Å². The van der Waals surface area contributed by atoms with Crippen molar-refractivity contribution in [2.75, 3.05) is 33.4 Å². The molecule has 2 atom stereocenters. The number of likely N-dealkylation sites (N-methyl/N-ethyl adjacent to an activating group) is 1. The smallest absolute Gasteiger partial charge is 0.257 e. The molecular weight excluding hydrogens is 356 g/mol. The first-order chi connectivity index (χ1) is 13.6. The molecule has 3 aliphatic rings. The number of hydrogen-bond donors (Lipinski definition) is 0. The van der Waals surface area contributed by atoms with Crippen LogP contribution in [-0.4, -0.2) is 77.0 Å². The van der Waals surface area contributed by atoms with E-state index in [1.165, 1.54) is 0 Å². The Hall–Kier alpha value is -2.38. The highest BCUT2D eigenvalue weighted by Gasteiger charge is 2.44. The van der Waals surface area contributed by atoms with Crippen molar-refractivity contribution in [1.29, 1.82) is 0 Å². The number of rotatable bonds is 2. The first kappa shape index (κ1) is 17.7. The highest BCUT2D eigenvalue weighted by Crippen LogP contribution is 2.35. The van der Waals surface area contributed by atoms with Gasteiger partial charge in [0, 0.05) is 58.2 Å². The normalized spacial score (nSPS) is 25.9. The van der Waals surface area contributed by atoms with Crippen LogP contribution in [0.1, 0.15) is 23.2 Å². The van der Waals surface area contributed by atoms with Crippen molar-refractivity contribution in [3.05, 3.63) is 36.2 Å². The quantitative estimate of drug-likeness (QED) is 0.793. The highest BCUT2D eigenvalue weighted by atomic mass is 16.5. The maximum absolute atomic E-state index is 13.1. The van der Waals surface area contributed by atoms with Gasteiger partial charge in [-0.3, -0.25) is 14.4 Å². The standard InChI is InChI=1S/C21H26N4O3/c1-23-11-15(10-22-23)14-3-4-17-19(9-14)28-20-13-25(16-5-7-27-8-6-16)12-18(20)24(2)21(17)26/h3-4,9-11,16,18,20H,5-8,12-13H2,1-2H3. The summed E-state index contributed by atoms with van der Waals surface area (Å²) in [4.78, 5) is 17.5. The van der Waals surface area contributed by atoms with Crippen LogP contribution in [0.5, 0.6) is 5.75 Å². The number of carbonyl (C=O) groups excluding carboxylic acids is 1. The van der Waals surface area contributed by atoms with Crippen LogP contribution in [0.15, 0.2) is 30.6 Å². The van der Waals surface area contributed by atoms with Crippen molar-refractivity contribution >= 4 is 5.91 Å². The van der Waals surface area contributed by atoms with E-state index in [9.17, 15) is 4.79 Å². The minimum absolute atomic E-state index is 0.0119. The summed E-state index contributed by atoms with van der Waals surface area (Å²) in [7, 11) is 3.80. The highest BCUT2D eigenvalue weighted by molar-refractivity contribution is 5.98. The second-order valence-corrected chi connectivity index (χ2v) is 8.05. The van der Waals surface area contributed by atoms with Crippen LogP contribution < -0.4 is 4.74 Å². The summed E-state index contributed by atoms with van der Waals surface area (Å²) in [5.74, 6) is 0.716. The van der Waals surface area contributed by atoms with E-state index in [1.807, 2.05) is 49.6 Å². The summed E-state index contributed by atoms with van der Waals surface area (Å²) in [5.41, 5.74) is 2.67. The Bertz CT molecular complexity index is 890. The Morgan fingerprint density at radius 2 is 1.93 bits per heavy atom. The first-order valence-corrected chi connectivity index (χ1v) is 9.99. The lowest BCUT2D eigenvalue weighted by atomic mass is 10.1. The summed E-state index contributed by atoms with van der Waals surface area (Å²) < 4.78 is 13.7. The molecule has 0 saturated carbocycles. The van der Waals surface area contributed by atoms with Gasteiger partial charge in [0.2, 0.25) is 0 Å². The number of fused-ring (bicyclic) bond motifs is 2. The fourth-order valence-corrected chi connectivity index (χ4v) is 4.67. The molecule has 0 N–H and O–H groups in total. The Balaban J connectivity index is 1.44. The van der Waals surface area contributed by atoms with Gasteiger partial charge in [0.1, 0.15) is 11.9 Å². The van der Waals surface area contributed by atoms with E-state index in [4.69, 9.17) is 9.47 Å². The van der Waals surface area contributed by atoms with Crippen LogP contribution in [0.4, 0.5) is 0 Å². The predicted octanol–water partition coefficient (Wildman–Crippen LogP) is 1.78. The Kier molecular flexibility index (Phi) is 4.36. The summed E-state index contributed by atoms with van der Waals surface area (Å²) in [6.07, 6.45) is 5.90. The van der Waals surface area contributed by atoms with Gasteiger partial charge in [-0.25, -0.2) is 0 Å². The lowest BCUT2D eigenvalue weighted by Crippen LogP contribution is -2.44. The van der Waals surface area contributed by atoms with E-state index in [2.05, 4.69) is 10.00 Å². The molecule has 4 heterocycles. The molecule has 28 heavy (non-hydrogen) atoms. The average Bonchev–Trinajstić information content (AvgIpc) is 3.32. The van der Waals surface area contributed by atoms with Crippen LogP contribution in [0.25, 0.3) is 11.1 Å². The average molecular weight is 382 g/mol. The third kappa shape index (κ3) is 2.99. The van der Waals surface area contributed by atoms with Gasteiger partial charge < -0.3 is 14.4 Å². The van der Waals surface area contributed by atoms with E-state index < -0.39 is 0 Å². The zero-order valence-corrected chi connectivity index (χ0v) is 16.4. The van der Waals surface area contributed by atoms with Gasteiger partial charge in [-0.05, 0) is 30.5 Å². The van der Waals surface area contributed by atoms with Gasteiger partial charge >= 0.3 is 0 Å². The SMILES string of the molecule is CN1C(=O)c2ccc(-c3cnn(C)c3)cc2OC2CN(C3CCOCC3)CC21. The number of carbonyl (C=O) groups is 1. The molecule has 1 amide bonds. The van der Waals surface area contributed by atoms with E-state index in [1.54, 1.807) is 4.68 Å². The lowest BCUT2D eigenvalue weighted by Gasteiger charge is -2.31.